The minimum Gasteiger partial charge on any atom is -0.399 e. The standard InChI is InChI=1S/C17H30N2/c1-3-5-8-15(4-2)14-19-12-7-10-16-9-6-11-17(18)13-16/h6,9,11,13,15,19H,3-5,7-8,10,12,14,18H2,1-2H3. The molecule has 1 unspecified atom stereocenters. The fourth-order valence-corrected chi connectivity index (χ4v) is 2.42. The lowest BCUT2D eigenvalue weighted by Gasteiger charge is -2.15. The van der Waals surface area contributed by atoms with Gasteiger partial charge in [-0.25, -0.2) is 0 Å². The molecule has 0 amide bonds. The molecule has 0 aliphatic rings. The fraction of sp³-hybridized carbons (Fsp3) is 0.647. The van der Waals surface area contributed by atoms with Gasteiger partial charge in [0, 0.05) is 5.69 Å². The van der Waals surface area contributed by atoms with Gasteiger partial charge in [0.25, 0.3) is 0 Å². The van der Waals surface area contributed by atoms with Gasteiger partial charge < -0.3 is 11.1 Å². The zero-order valence-corrected chi connectivity index (χ0v) is 12.6. The summed E-state index contributed by atoms with van der Waals surface area (Å²) in [4.78, 5) is 0. The molecule has 19 heavy (non-hydrogen) atoms. The van der Waals surface area contributed by atoms with E-state index in [1.165, 1.54) is 44.2 Å². The first kappa shape index (κ1) is 16.0. The summed E-state index contributed by atoms with van der Waals surface area (Å²) in [5, 5.41) is 3.60. The highest BCUT2D eigenvalue weighted by Crippen LogP contribution is 2.11. The molecule has 1 aromatic rings. The largest absolute Gasteiger partial charge is 0.399 e. The molecule has 3 N–H and O–H groups in total. The van der Waals surface area contributed by atoms with E-state index in [0.29, 0.717) is 0 Å². The van der Waals surface area contributed by atoms with Crippen LogP contribution in [0.3, 0.4) is 0 Å². The molecule has 0 aliphatic carbocycles. The first-order valence-electron chi connectivity index (χ1n) is 7.81. The van der Waals surface area contributed by atoms with E-state index in [-0.39, 0.29) is 0 Å². The molecule has 1 aromatic carbocycles. The fourth-order valence-electron chi connectivity index (χ4n) is 2.42. The zero-order chi connectivity index (χ0) is 13.9. The Kier molecular flexibility index (Phi) is 8.31. The van der Waals surface area contributed by atoms with Crippen molar-refractivity contribution in [3.63, 3.8) is 0 Å². The number of hydrogen-bond donors (Lipinski definition) is 2. The molecule has 0 spiro atoms. The molecule has 1 rings (SSSR count). The Morgan fingerprint density at radius 2 is 2.05 bits per heavy atom. The minimum absolute atomic E-state index is 0.854. The van der Waals surface area contributed by atoms with Crippen LogP contribution in [0.15, 0.2) is 24.3 Å². The van der Waals surface area contributed by atoms with Gasteiger partial charge in [0.1, 0.15) is 0 Å². The Bertz CT molecular complexity index is 336. The number of nitrogens with two attached hydrogens (primary N) is 1. The first-order chi connectivity index (χ1) is 9.26. The molecule has 0 bridgehead atoms. The summed E-state index contributed by atoms with van der Waals surface area (Å²) in [7, 11) is 0. The van der Waals surface area contributed by atoms with Crippen LogP contribution in [0.25, 0.3) is 0 Å². The lowest BCUT2D eigenvalue weighted by atomic mass is 9.99. The minimum atomic E-state index is 0.854. The molecule has 0 radical (unpaired) electrons. The highest BCUT2D eigenvalue weighted by molar-refractivity contribution is 5.40. The second-order valence-corrected chi connectivity index (χ2v) is 5.47. The predicted molar refractivity (Wildman–Crippen MR) is 85.4 cm³/mol. The number of nitrogens with one attached hydrogen (secondary N) is 1. The summed E-state index contributed by atoms with van der Waals surface area (Å²) >= 11 is 0. The van der Waals surface area contributed by atoms with Crippen molar-refractivity contribution in [2.24, 2.45) is 5.92 Å². The van der Waals surface area contributed by atoms with Crippen LogP contribution < -0.4 is 11.1 Å². The Morgan fingerprint density at radius 1 is 1.21 bits per heavy atom. The van der Waals surface area contributed by atoms with Crippen molar-refractivity contribution in [2.45, 2.75) is 52.4 Å². The SMILES string of the molecule is CCCCC(CC)CNCCCc1cccc(N)c1. The number of nitrogen functional groups attached to an aromatic ring is 1. The van der Waals surface area contributed by atoms with E-state index in [1.54, 1.807) is 0 Å². The Hall–Kier alpha value is -1.02. The molecule has 0 saturated carbocycles. The van der Waals surface area contributed by atoms with Crippen LogP contribution in [-0.4, -0.2) is 13.1 Å². The summed E-state index contributed by atoms with van der Waals surface area (Å²) in [6, 6.07) is 8.22. The van der Waals surface area contributed by atoms with Gasteiger partial charge in [-0.1, -0.05) is 45.2 Å². The molecule has 1 atom stereocenters. The van der Waals surface area contributed by atoms with Crippen molar-refractivity contribution >= 4 is 5.69 Å². The maximum atomic E-state index is 5.78. The van der Waals surface area contributed by atoms with E-state index < -0.39 is 0 Å². The molecular weight excluding hydrogens is 232 g/mol. The van der Waals surface area contributed by atoms with Crippen LogP contribution in [0.1, 0.15) is 51.5 Å². The van der Waals surface area contributed by atoms with E-state index in [4.69, 9.17) is 5.73 Å². The second kappa shape index (κ2) is 9.85. The summed E-state index contributed by atoms with van der Waals surface area (Å²) in [5.74, 6) is 0.854. The highest BCUT2D eigenvalue weighted by Gasteiger charge is 2.04. The normalized spacial score (nSPS) is 12.5. The summed E-state index contributed by atoms with van der Waals surface area (Å²) < 4.78 is 0. The van der Waals surface area contributed by atoms with Crippen molar-refractivity contribution in [2.75, 3.05) is 18.8 Å². The zero-order valence-electron chi connectivity index (χ0n) is 12.6. The van der Waals surface area contributed by atoms with Gasteiger partial charge in [0.2, 0.25) is 0 Å². The third-order valence-electron chi connectivity index (χ3n) is 3.75. The summed E-state index contributed by atoms with van der Waals surface area (Å²) in [6.07, 6.45) is 7.64. The van der Waals surface area contributed by atoms with Gasteiger partial charge in [0.05, 0.1) is 0 Å². The molecule has 0 heterocycles. The van der Waals surface area contributed by atoms with Gasteiger partial charge in [-0.3, -0.25) is 0 Å². The van der Waals surface area contributed by atoms with Gasteiger partial charge in [-0.2, -0.15) is 0 Å². The molecule has 2 heteroatoms. The van der Waals surface area contributed by atoms with Crippen molar-refractivity contribution in [1.29, 1.82) is 0 Å². The number of rotatable bonds is 10. The first-order valence-corrected chi connectivity index (χ1v) is 7.81. The van der Waals surface area contributed by atoms with Gasteiger partial charge >= 0.3 is 0 Å². The van der Waals surface area contributed by atoms with Crippen LogP contribution >= 0.6 is 0 Å². The number of anilines is 1. The van der Waals surface area contributed by atoms with E-state index in [2.05, 4.69) is 31.3 Å². The smallest absolute Gasteiger partial charge is 0.0316 e. The number of hydrogen-bond acceptors (Lipinski definition) is 2. The van der Waals surface area contributed by atoms with Crippen LogP contribution in [0.5, 0.6) is 0 Å². The van der Waals surface area contributed by atoms with E-state index >= 15 is 0 Å². The third-order valence-corrected chi connectivity index (χ3v) is 3.75. The van der Waals surface area contributed by atoms with Crippen molar-refractivity contribution in [1.82, 2.24) is 5.32 Å². The molecule has 0 fully saturated rings. The van der Waals surface area contributed by atoms with Crippen LogP contribution in [-0.2, 0) is 6.42 Å². The number of unbranched alkanes of at least 4 members (excludes halogenated alkanes) is 1. The van der Waals surface area contributed by atoms with Gasteiger partial charge in [0.15, 0.2) is 0 Å². The molecule has 0 aromatic heterocycles. The van der Waals surface area contributed by atoms with Crippen LogP contribution in [0.4, 0.5) is 5.69 Å². The van der Waals surface area contributed by atoms with E-state index in [0.717, 1.165) is 24.6 Å². The maximum Gasteiger partial charge on any atom is 0.0316 e. The molecule has 2 nitrogen and oxygen atoms in total. The van der Waals surface area contributed by atoms with E-state index in [9.17, 15) is 0 Å². The molecule has 0 aliphatic heterocycles. The van der Waals surface area contributed by atoms with Gasteiger partial charge in [-0.15, -0.1) is 0 Å². The Balaban J connectivity index is 2.10. The van der Waals surface area contributed by atoms with Gasteiger partial charge in [-0.05, 0) is 56.0 Å². The average molecular weight is 262 g/mol. The molecule has 108 valence electrons. The number of benzene rings is 1. The predicted octanol–water partition coefficient (Wildman–Crippen LogP) is 4.01. The Morgan fingerprint density at radius 3 is 2.74 bits per heavy atom. The lowest BCUT2D eigenvalue weighted by molar-refractivity contribution is 0.418. The monoisotopic (exact) mass is 262 g/mol. The summed E-state index contributed by atoms with van der Waals surface area (Å²) in [6.45, 7) is 6.85. The van der Waals surface area contributed by atoms with Crippen molar-refractivity contribution < 1.29 is 0 Å². The third kappa shape index (κ3) is 7.22. The topological polar surface area (TPSA) is 38.0 Å². The van der Waals surface area contributed by atoms with E-state index in [1.807, 2.05) is 12.1 Å². The summed E-state index contributed by atoms with van der Waals surface area (Å²) in [5.41, 5.74) is 8.00. The maximum absolute atomic E-state index is 5.78. The molecule has 0 saturated heterocycles. The highest BCUT2D eigenvalue weighted by atomic mass is 14.8. The lowest BCUT2D eigenvalue weighted by Crippen LogP contribution is -2.23. The number of aryl methyl sites for hydroxylation is 1. The van der Waals surface area contributed by atoms with Crippen LogP contribution in [0, 0.1) is 5.92 Å². The molecular formula is C17H30N2. The average Bonchev–Trinajstić information content (AvgIpc) is 2.42. The second-order valence-electron chi connectivity index (χ2n) is 5.47. The quantitative estimate of drug-likeness (QED) is 0.494. The van der Waals surface area contributed by atoms with Crippen LogP contribution in [0.2, 0.25) is 0 Å². The van der Waals surface area contributed by atoms with Crippen molar-refractivity contribution in [3.05, 3.63) is 29.8 Å². The van der Waals surface area contributed by atoms with Crippen molar-refractivity contribution in [3.8, 4) is 0 Å². The Labute approximate surface area is 118 Å².